The zero-order chi connectivity index (χ0) is 8.10. The smallest absolute Gasteiger partial charge is 0.0645 e. The molecule has 0 saturated carbocycles. The second-order valence-electron chi connectivity index (χ2n) is 3.23. The van der Waals surface area contributed by atoms with Crippen molar-refractivity contribution in [3.05, 3.63) is 0 Å². The Morgan fingerprint density at radius 1 is 1.18 bits per heavy atom. The molecule has 1 aliphatic rings. The van der Waals surface area contributed by atoms with E-state index in [1.165, 1.54) is 25.9 Å². The third-order valence-corrected chi connectivity index (χ3v) is 2.16. The predicted molar refractivity (Wildman–Crippen MR) is 46.8 cm³/mol. The van der Waals surface area contributed by atoms with Crippen molar-refractivity contribution in [2.24, 2.45) is 0 Å². The van der Waals surface area contributed by atoms with E-state index in [2.05, 4.69) is 18.7 Å². The van der Waals surface area contributed by atoms with Crippen LogP contribution in [0.3, 0.4) is 0 Å². The van der Waals surface area contributed by atoms with Crippen molar-refractivity contribution in [3.63, 3.8) is 0 Å². The van der Waals surface area contributed by atoms with Gasteiger partial charge in [-0.05, 0) is 25.9 Å². The second-order valence-corrected chi connectivity index (χ2v) is 3.23. The van der Waals surface area contributed by atoms with Crippen LogP contribution in [0.15, 0.2) is 0 Å². The lowest BCUT2D eigenvalue weighted by Crippen LogP contribution is -2.49. The van der Waals surface area contributed by atoms with Crippen LogP contribution in [0.4, 0.5) is 0 Å². The van der Waals surface area contributed by atoms with E-state index in [1.807, 2.05) is 0 Å². The van der Waals surface area contributed by atoms with Gasteiger partial charge in [0.15, 0.2) is 0 Å². The van der Waals surface area contributed by atoms with Crippen LogP contribution in [0.1, 0.15) is 26.7 Å². The molecule has 0 aliphatic carbocycles. The molecule has 1 rings (SSSR count). The molecule has 1 aliphatic heterocycles. The van der Waals surface area contributed by atoms with E-state index in [0.29, 0.717) is 0 Å². The van der Waals surface area contributed by atoms with Gasteiger partial charge in [0.05, 0.1) is 19.3 Å². The molecular weight excluding hydrogens is 138 g/mol. The fraction of sp³-hybridized carbons (Fsp3) is 1.00. The van der Waals surface area contributed by atoms with E-state index >= 15 is 0 Å². The monoisotopic (exact) mass is 157 g/mol. The molecule has 0 N–H and O–H groups in total. The summed E-state index contributed by atoms with van der Waals surface area (Å²) >= 11 is 0. The average Bonchev–Trinajstić information content (AvgIpc) is 1.85. The van der Waals surface area contributed by atoms with Crippen molar-refractivity contribution in [2.45, 2.75) is 32.7 Å². The lowest BCUT2D eigenvalue weighted by molar-refractivity contribution is -0.0646. The van der Waals surface area contributed by atoms with Gasteiger partial charge in [0.1, 0.15) is 0 Å². The minimum atomic E-state index is 0.731. The van der Waals surface area contributed by atoms with Crippen LogP contribution < -0.4 is 0 Å². The van der Waals surface area contributed by atoms with Crippen LogP contribution in [0.5, 0.6) is 0 Å². The Balaban J connectivity index is 2.19. The summed E-state index contributed by atoms with van der Waals surface area (Å²) in [5.41, 5.74) is 0. The summed E-state index contributed by atoms with van der Waals surface area (Å²) in [6.07, 6.45) is 2.52. The van der Waals surface area contributed by atoms with Gasteiger partial charge in [0, 0.05) is 0 Å². The largest absolute Gasteiger partial charge is 0.378 e. The van der Waals surface area contributed by atoms with Crippen LogP contribution in [0.25, 0.3) is 0 Å². The van der Waals surface area contributed by atoms with Gasteiger partial charge in [0.2, 0.25) is 0 Å². The zero-order valence-corrected chi connectivity index (χ0v) is 7.68. The predicted octanol–water partition coefficient (Wildman–Crippen LogP) is 1.51. The Labute approximate surface area is 69.5 Å². The molecule has 1 fully saturated rings. The van der Waals surface area contributed by atoms with Crippen molar-refractivity contribution < 1.29 is 4.74 Å². The molecule has 0 aromatic rings. The van der Waals surface area contributed by atoms with Crippen LogP contribution >= 0.6 is 0 Å². The molecule has 1 heterocycles. The van der Waals surface area contributed by atoms with Crippen LogP contribution in [-0.2, 0) is 4.74 Å². The third-order valence-electron chi connectivity index (χ3n) is 2.16. The van der Waals surface area contributed by atoms with Gasteiger partial charge in [-0.3, -0.25) is 4.90 Å². The first-order valence-corrected chi connectivity index (χ1v) is 4.70. The normalized spacial score (nSPS) is 18.8. The molecule has 0 radical (unpaired) electrons. The summed E-state index contributed by atoms with van der Waals surface area (Å²) in [6.45, 7) is 8.87. The van der Waals surface area contributed by atoms with Gasteiger partial charge in [-0.2, -0.15) is 0 Å². The highest BCUT2D eigenvalue weighted by Crippen LogP contribution is 2.10. The molecule has 0 atom stereocenters. The summed E-state index contributed by atoms with van der Waals surface area (Å²) in [6, 6.07) is 0.731. The maximum atomic E-state index is 5.17. The van der Waals surface area contributed by atoms with Gasteiger partial charge < -0.3 is 4.74 Å². The highest BCUT2D eigenvalue weighted by molar-refractivity contribution is 4.76. The van der Waals surface area contributed by atoms with E-state index in [0.717, 1.165) is 19.3 Å². The van der Waals surface area contributed by atoms with E-state index in [9.17, 15) is 0 Å². The third kappa shape index (κ3) is 2.46. The minimum Gasteiger partial charge on any atom is -0.378 e. The molecule has 0 bridgehead atoms. The quantitative estimate of drug-likeness (QED) is 0.599. The van der Waals surface area contributed by atoms with Gasteiger partial charge >= 0.3 is 0 Å². The molecule has 2 nitrogen and oxygen atoms in total. The van der Waals surface area contributed by atoms with E-state index in [-0.39, 0.29) is 0 Å². The molecule has 2 heteroatoms. The number of ether oxygens (including phenoxy) is 1. The Hall–Kier alpha value is -0.0800. The molecule has 0 amide bonds. The van der Waals surface area contributed by atoms with E-state index in [1.54, 1.807) is 0 Å². The van der Waals surface area contributed by atoms with Crippen LogP contribution in [0, 0.1) is 0 Å². The highest BCUT2D eigenvalue weighted by atomic mass is 16.5. The standard InChI is InChI=1S/C9H19NO/c1-3-5-10(6-4-2)9-7-11-8-9/h9H,3-8H2,1-2H3. The van der Waals surface area contributed by atoms with Gasteiger partial charge in [0.25, 0.3) is 0 Å². The number of rotatable bonds is 5. The molecule has 0 spiro atoms. The number of nitrogens with zero attached hydrogens (tertiary/aromatic N) is 1. The summed E-state index contributed by atoms with van der Waals surface area (Å²) in [5, 5.41) is 0. The Bertz CT molecular complexity index is 95.7. The first-order chi connectivity index (χ1) is 5.38. The molecular formula is C9H19NO. The lowest BCUT2D eigenvalue weighted by Gasteiger charge is -2.37. The van der Waals surface area contributed by atoms with Gasteiger partial charge in [-0.25, -0.2) is 0 Å². The summed E-state index contributed by atoms with van der Waals surface area (Å²) in [5.74, 6) is 0. The van der Waals surface area contributed by atoms with Crippen molar-refractivity contribution in [2.75, 3.05) is 26.3 Å². The first-order valence-electron chi connectivity index (χ1n) is 4.70. The molecule has 0 aromatic heterocycles. The molecule has 0 unspecified atom stereocenters. The first kappa shape index (κ1) is 9.01. The fourth-order valence-electron chi connectivity index (χ4n) is 1.49. The summed E-state index contributed by atoms with van der Waals surface area (Å²) in [4.78, 5) is 2.55. The van der Waals surface area contributed by atoms with E-state index < -0.39 is 0 Å². The van der Waals surface area contributed by atoms with Crippen LogP contribution in [0.2, 0.25) is 0 Å². The van der Waals surface area contributed by atoms with Crippen molar-refractivity contribution in [3.8, 4) is 0 Å². The molecule has 11 heavy (non-hydrogen) atoms. The lowest BCUT2D eigenvalue weighted by atomic mass is 10.2. The van der Waals surface area contributed by atoms with Crippen molar-refractivity contribution >= 4 is 0 Å². The van der Waals surface area contributed by atoms with Crippen LogP contribution in [-0.4, -0.2) is 37.2 Å². The van der Waals surface area contributed by atoms with Gasteiger partial charge in [-0.15, -0.1) is 0 Å². The second kappa shape index (κ2) is 4.73. The number of hydrogen-bond acceptors (Lipinski definition) is 2. The number of hydrogen-bond donors (Lipinski definition) is 0. The SMILES string of the molecule is CCCN(CCC)C1COC1. The Morgan fingerprint density at radius 3 is 2.00 bits per heavy atom. The zero-order valence-electron chi connectivity index (χ0n) is 7.68. The fourth-order valence-corrected chi connectivity index (χ4v) is 1.49. The van der Waals surface area contributed by atoms with E-state index in [4.69, 9.17) is 4.74 Å². The van der Waals surface area contributed by atoms with Crippen molar-refractivity contribution in [1.82, 2.24) is 4.90 Å². The van der Waals surface area contributed by atoms with Crippen molar-refractivity contribution in [1.29, 1.82) is 0 Å². The summed E-state index contributed by atoms with van der Waals surface area (Å²) < 4.78 is 5.17. The van der Waals surface area contributed by atoms with Gasteiger partial charge in [-0.1, -0.05) is 13.8 Å². The molecule has 1 saturated heterocycles. The topological polar surface area (TPSA) is 12.5 Å². The average molecular weight is 157 g/mol. The molecule has 66 valence electrons. The minimum absolute atomic E-state index is 0.731. The summed E-state index contributed by atoms with van der Waals surface area (Å²) in [7, 11) is 0. The Kier molecular flexibility index (Phi) is 3.87. The maximum Gasteiger partial charge on any atom is 0.0645 e. The maximum absolute atomic E-state index is 5.17. The molecule has 0 aromatic carbocycles. The Morgan fingerprint density at radius 2 is 1.73 bits per heavy atom. The highest BCUT2D eigenvalue weighted by Gasteiger charge is 2.24.